The van der Waals surface area contributed by atoms with Gasteiger partial charge < -0.3 is 4.90 Å². The molecule has 0 aromatic heterocycles. The van der Waals surface area contributed by atoms with Crippen molar-refractivity contribution in [2.45, 2.75) is 44.8 Å². The van der Waals surface area contributed by atoms with Crippen molar-refractivity contribution in [1.82, 2.24) is 4.90 Å². The molecule has 0 N–H and O–H groups in total. The molecule has 1 aliphatic heterocycles. The molecule has 132 valence electrons. The van der Waals surface area contributed by atoms with Crippen LogP contribution < -0.4 is 0 Å². The third-order valence-electron chi connectivity index (χ3n) is 4.80. The highest BCUT2D eigenvalue weighted by atomic mass is 32.2. The van der Waals surface area contributed by atoms with Crippen LogP contribution in [0.2, 0.25) is 0 Å². The van der Waals surface area contributed by atoms with Gasteiger partial charge in [-0.05, 0) is 36.9 Å². The van der Waals surface area contributed by atoms with Gasteiger partial charge in [0.05, 0.1) is 5.57 Å². The minimum Gasteiger partial charge on any atom is -0.374 e. The molecule has 2 rings (SSSR count). The number of thioether (sulfide) groups is 1. The van der Waals surface area contributed by atoms with Gasteiger partial charge in [-0.1, -0.05) is 13.8 Å². The molecule has 1 saturated heterocycles. The highest BCUT2D eigenvalue weighted by Gasteiger charge is 2.35. The molecule has 25 heavy (non-hydrogen) atoms. The van der Waals surface area contributed by atoms with Crippen LogP contribution in [0.5, 0.6) is 0 Å². The third-order valence-corrected chi connectivity index (χ3v) is 6.71. The molecule has 0 radical (unpaired) electrons. The van der Waals surface area contributed by atoms with Gasteiger partial charge in [-0.15, -0.1) is 0 Å². The van der Waals surface area contributed by atoms with Gasteiger partial charge in [0.2, 0.25) is 0 Å². The molecule has 0 unspecified atom stereocenters. The van der Waals surface area contributed by atoms with Crippen LogP contribution in [-0.2, 0) is 0 Å². The van der Waals surface area contributed by atoms with Gasteiger partial charge in [-0.25, -0.2) is 0 Å². The van der Waals surface area contributed by atoms with Crippen molar-refractivity contribution in [3.63, 3.8) is 0 Å². The fourth-order valence-corrected chi connectivity index (χ4v) is 4.93. The van der Waals surface area contributed by atoms with E-state index in [9.17, 15) is 15.8 Å². The van der Waals surface area contributed by atoms with Crippen LogP contribution in [0, 0.1) is 39.4 Å². The summed E-state index contributed by atoms with van der Waals surface area (Å²) in [5.41, 5.74) is 2.24. The van der Waals surface area contributed by atoms with Crippen molar-refractivity contribution in [1.29, 1.82) is 15.8 Å². The Hall–Kier alpha value is -1.55. The Morgan fingerprint density at radius 2 is 1.84 bits per heavy atom. The Kier molecular flexibility index (Phi) is 6.88. The normalized spacial score (nSPS) is 20.6. The van der Waals surface area contributed by atoms with E-state index in [1.807, 2.05) is 23.9 Å². The van der Waals surface area contributed by atoms with Gasteiger partial charge in [0.25, 0.3) is 0 Å². The summed E-state index contributed by atoms with van der Waals surface area (Å²) in [5.74, 6) is 1.98. The van der Waals surface area contributed by atoms with Crippen LogP contribution in [-0.4, -0.2) is 34.7 Å². The summed E-state index contributed by atoms with van der Waals surface area (Å²) in [4.78, 5) is 2.31. The summed E-state index contributed by atoms with van der Waals surface area (Å²) in [6.07, 6.45) is 3.62. The lowest BCUT2D eigenvalue weighted by Crippen LogP contribution is -2.38. The molecule has 0 aromatic rings. The molecule has 1 fully saturated rings. The molecule has 6 heteroatoms. The number of piperidine rings is 1. The largest absolute Gasteiger partial charge is 0.374 e. The van der Waals surface area contributed by atoms with Crippen LogP contribution in [0.4, 0.5) is 0 Å². The topological polar surface area (TPSA) is 74.6 Å². The van der Waals surface area contributed by atoms with E-state index >= 15 is 0 Å². The lowest BCUT2D eigenvalue weighted by atomic mass is 9.72. The Morgan fingerprint density at radius 3 is 2.36 bits per heavy atom. The first-order valence-electron chi connectivity index (χ1n) is 8.60. The smallest absolute Gasteiger partial charge is 0.134 e. The second kappa shape index (κ2) is 8.70. The fourth-order valence-electron chi connectivity index (χ4n) is 3.63. The van der Waals surface area contributed by atoms with Crippen molar-refractivity contribution in [2.24, 2.45) is 5.41 Å². The van der Waals surface area contributed by atoms with Crippen molar-refractivity contribution in [2.75, 3.05) is 24.6 Å². The number of hydrogen-bond acceptors (Lipinski definition) is 6. The molecule has 0 spiro atoms. The number of rotatable bonds is 4. The first-order chi connectivity index (χ1) is 12.0. The molecule has 2 aliphatic rings. The van der Waals surface area contributed by atoms with Crippen molar-refractivity contribution >= 4 is 24.4 Å². The van der Waals surface area contributed by atoms with Crippen LogP contribution in [0.15, 0.2) is 22.4 Å². The summed E-state index contributed by atoms with van der Waals surface area (Å²) in [6.45, 7) is 6.15. The molecule has 0 bridgehead atoms. The summed E-state index contributed by atoms with van der Waals surface area (Å²) >= 11 is 6.26. The fraction of sp³-hybridized carbons (Fsp3) is 0.632. The number of nitriles is 3. The SMILES string of the molecule is CC1(C)CC(=C(C#N)C#N)C(C#N)=C(N2CCC(SCCS)CC2)C1. The third kappa shape index (κ3) is 4.75. The first kappa shape index (κ1) is 19.8. The molecule has 1 aliphatic carbocycles. The summed E-state index contributed by atoms with van der Waals surface area (Å²) in [5, 5.41) is 29.0. The van der Waals surface area contributed by atoms with E-state index in [0.717, 1.165) is 49.6 Å². The monoisotopic (exact) mass is 372 g/mol. The molecular weight excluding hydrogens is 348 g/mol. The molecule has 0 atom stereocenters. The zero-order valence-corrected chi connectivity index (χ0v) is 16.6. The molecule has 0 aromatic carbocycles. The van der Waals surface area contributed by atoms with Crippen molar-refractivity contribution in [3.05, 3.63) is 22.4 Å². The number of thiol groups is 1. The lowest BCUT2D eigenvalue weighted by Gasteiger charge is -2.41. The van der Waals surface area contributed by atoms with E-state index in [-0.39, 0.29) is 11.0 Å². The van der Waals surface area contributed by atoms with Crippen LogP contribution in [0.1, 0.15) is 39.5 Å². The van der Waals surface area contributed by atoms with E-state index in [1.165, 1.54) is 0 Å². The Morgan fingerprint density at radius 1 is 1.20 bits per heavy atom. The maximum Gasteiger partial charge on any atom is 0.134 e. The average Bonchev–Trinajstić information content (AvgIpc) is 2.60. The quantitative estimate of drug-likeness (QED) is 0.595. The molecule has 4 nitrogen and oxygen atoms in total. The summed E-state index contributed by atoms with van der Waals surface area (Å²) in [6, 6.07) is 6.26. The van der Waals surface area contributed by atoms with E-state index in [1.54, 1.807) is 0 Å². The van der Waals surface area contributed by atoms with Gasteiger partial charge in [0.1, 0.15) is 23.8 Å². The lowest BCUT2D eigenvalue weighted by molar-refractivity contribution is 0.234. The predicted molar refractivity (Wildman–Crippen MR) is 105 cm³/mol. The predicted octanol–water partition coefficient (Wildman–Crippen LogP) is 4.06. The Balaban J connectivity index is 2.31. The molecular formula is C19H24N4S2. The highest BCUT2D eigenvalue weighted by molar-refractivity contribution is 8.00. The van der Waals surface area contributed by atoms with Crippen LogP contribution in [0.25, 0.3) is 0 Å². The second-order valence-electron chi connectivity index (χ2n) is 7.31. The number of nitrogens with zero attached hydrogens (tertiary/aromatic N) is 4. The standard InChI is InChI=1S/C19H24N4S2/c1-19(2)9-16(14(11-20)12-21)17(13-22)18(10-19)23-5-3-15(4-6-23)25-8-7-24/h15,24H,3-10H2,1-2H3. The molecule has 0 amide bonds. The maximum absolute atomic E-state index is 9.74. The van der Waals surface area contributed by atoms with E-state index in [0.29, 0.717) is 22.8 Å². The van der Waals surface area contributed by atoms with Crippen molar-refractivity contribution < 1.29 is 0 Å². The van der Waals surface area contributed by atoms with Crippen LogP contribution >= 0.6 is 24.4 Å². The maximum atomic E-state index is 9.74. The number of allylic oxidation sites excluding steroid dienone is 4. The molecule has 1 heterocycles. The van der Waals surface area contributed by atoms with Gasteiger partial charge >= 0.3 is 0 Å². The first-order valence-corrected chi connectivity index (χ1v) is 10.3. The van der Waals surface area contributed by atoms with Crippen molar-refractivity contribution in [3.8, 4) is 18.2 Å². The minimum atomic E-state index is -0.0540. The van der Waals surface area contributed by atoms with Gasteiger partial charge in [-0.3, -0.25) is 0 Å². The minimum absolute atomic E-state index is 0.0540. The second-order valence-corrected chi connectivity index (χ2v) is 9.16. The van der Waals surface area contributed by atoms with E-state index in [4.69, 9.17) is 0 Å². The molecule has 0 saturated carbocycles. The van der Waals surface area contributed by atoms with Crippen LogP contribution in [0.3, 0.4) is 0 Å². The number of hydrogen-bond donors (Lipinski definition) is 1. The average molecular weight is 373 g/mol. The Bertz CT molecular complexity index is 676. The highest BCUT2D eigenvalue weighted by Crippen LogP contribution is 2.44. The Labute approximate surface area is 160 Å². The van der Waals surface area contributed by atoms with E-state index < -0.39 is 0 Å². The van der Waals surface area contributed by atoms with Gasteiger partial charge in [0.15, 0.2) is 0 Å². The van der Waals surface area contributed by atoms with E-state index in [2.05, 4.69) is 37.4 Å². The van der Waals surface area contributed by atoms with Gasteiger partial charge in [-0.2, -0.15) is 40.2 Å². The zero-order valence-electron chi connectivity index (χ0n) is 14.9. The number of likely N-dealkylation sites (tertiary alicyclic amines) is 1. The summed E-state index contributed by atoms with van der Waals surface area (Å²) < 4.78 is 0. The summed E-state index contributed by atoms with van der Waals surface area (Å²) in [7, 11) is 0. The zero-order chi connectivity index (χ0) is 18.4. The van der Waals surface area contributed by atoms with Gasteiger partial charge in [0, 0.05) is 35.4 Å².